The molecule has 0 spiro atoms. The molecule has 2 N–H and O–H groups in total. The number of nitrogens with one attached hydrogen (secondary N) is 2. The summed E-state index contributed by atoms with van der Waals surface area (Å²) < 4.78 is 2.88. The number of aromatic nitrogens is 3. The first kappa shape index (κ1) is 17.1. The van der Waals surface area contributed by atoms with Gasteiger partial charge < -0.3 is 10.6 Å². The largest absolute Gasteiger partial charge is 0.348 e. The predicted molar refractivity (Wildman–Crippen MR) is 95.9 cm³/mol. The van der Waals surface area contributed by atoms with Crippen molar-refractivity contribution in [3.8, 4) is 0 Å². The Bertz CT molecular complexity index is 679. The minimum absolute atomic E-state index is 0.0303. The van der Waals surface area contributed by atoms with Gasteiger partial charge in [-0.05, 0) is 57.0 Å². The first-order valence-electron chi connectivity index (χ1n) is 8.29. The minimum Gasteiger partial charge on any atom is -0.348 e. The molecule has 3 rings (SSSR count). The van der Waals surface area contributed by atoms with Gasteiger partial charge >= 0.3 is 0 Å². The highest BCUT2D eigenvalue weighted by Gasteiger charge is 2.19. The van der Waals surface area contributed by atoms with Gasteiger partial charge in [-0.15, -0.1) is 5.10 Å². The van der Waals surface area contributed by atoms with Crippen LogP contribution in [0, 0.1) is 0 Å². The summed E-state index contributed by atoms with van der Waals surface area (Å²) in [6.07, 6.45) is 4.58. The van der Waals surface area contributed by atoms with Crippen LogP contribution in [0.15, 0.2) is 34.9 Å². The van der Waals surface area contributed by atoms with Gasteiger partial charge in [-0.2, -0.15) is 0 Å². The number of piperidine rings is 1. The van der Waals surface area contributed by atoms with Crippen molar-refractivity contribution < 1.29 is 4.79 Å². The van der Waals surface area contributed by atoms with E-state index in [-0.39, 0.29) is 11.9 Å². The topological polar surface area (TPSA) is 71.8 Å². The number of nitrogens with zero attached hydrogens (tertiary/aromatic N) is 3. The fraction of sp³-hybridized carbons (Fsp3) is 0.471. The highest BCUT2D eigenvalue weighted by molar-refractivity contribution is 9.10. The molecule has 1 aromatic heterocycles. The van der Waals surface area contributed by atoms with E-state index >= 15 is 0 Å². The van der Waals surface area contributed by atoms with Gasteiger partial charge in [0.15, 0.2) is 5.69 Å². The van der Waals surface area contributed by atoms with Crippen LogP contribution in [0.5, 0.6) is 0 Å². The lowest BCUT2D eigenvalue weighted by Gasteiger charge is -2.22. The number of amides is 1. The Kier molecular flexibility index (Phi) is 5.63. The van der Waals surface area contributed by atoms with Gasteiger partial charge in [0, 0.05) is 10.5 Å². The summed E-state index contributed by atoms with van der Waals surface area (Å²) in [5, 5.41) is 14.5. The Labute approximate surface area is 150 Å². The predicted octanol–water partition coefficient (Wildman–Crippen LogP) is 2.33. The summed E-state index contributed by atoms with van der Waals surface area (Å²) in [6.45, 7) is 3.96. The normalized spacial score (nSPS) is 16.8. The quantitative estimate of drug-likeness (QED) is 0.820. The molecular weight excluding hydrogens is 370 g/mol. The zero-order valence-electron chi connectivity index (χ0n) is 13.7. The Hall–Kier alpha value is -1.73. The molecule has 1 amide bonds. The van der Waals surface area contributed by atoms with Crippen LogP contribution in [-0.2, 0) is 6.42 Å². The van der Waals surface area contributed by atoms with Gasteiger partial charge in [-0.25, -0.2) is 4.68 Å². The molecule has 128 valence electrons. The Balaban J connectivity index is 1.56. The third-order valence-corrected chi connectivity index (χ3v) is 4.79. The summed E-state index contributed by atoms with van der Waals surface area (Å²) in [5.41, 5.74) is 1.57. The molecule has 1 atom stereocenters. The number of carbonyl (C=O) groups is 1. The molecule has 6 nitrogen and oxygen atoms in total. The number of carbonyl (C=O) groups excluding carboxylic acids is 1. The Morgan fingerprint density at radius 3 is 2.79 bits per heavy atom. The highest BCUT2D eigenvalue weighted by Crippen LogP contribution is 2.17. The van der Waals surface area contributed by atoms with Crippen LogP contribution in [0.1, 0.15) is 41.9 Å². The van der Waals surface area contributed by atoms with E-state index in [1.807, 2.05) is 23.7 Å². The van der Waals surface area contributed by atoms with E-state index in [4.69, 9.17) is 0 Å². The molecule has 0 radical (unpaired) electrons. The van der Waals surface area contributed by atoms with E-state index < -0.39 is 0 Å². The standard InChI is InChI=1S/C17H22BrN5O/c1-12(10-13-2-4-14(18)5-3-13)20-17(24)16-11-23(22-21-16)15-6-8-19-9-7-15/h2-5,11-12,15,19H,6-10H2,1H3,(H,20,24). The second kappa shape index (κ2) is 7.90. The van der Waals surface area contributed by atoms with E-state index in [1.165, 1.54) is 5.56 Å². The molecule has 1 unspecified atom stereocenters. The van der Waals surface area contributed by atoms with E-state index in [9.17, 15) is 4.79 Å². The third kappa shape index (κ3) is 4.42. The molecule has 1 aliphatic rings. The van der Waals surface area contributed by atoms with Crippen LogP contribution in [0.4, 0.5) is 0 Å². The van der Waals surface area contributed by atoms with Crippen LogP contribution in [0.2, 0.25) is 0 Å². The maximum Gasteiger partial charge on any atom is 0.273 e. The molecule has 2 aromatic rings. The molecule has 1 aliphatic heterocycles. The van der Waals surface area contributed by atoms with Crippen LogP contribution in [-0.4, -0.2) is 40.0 Å². The molecule has 24 heavy (non-hydrogen) atoms. The zero-order chi connectivity index (χ0) is 16.9. The van der Waals surface area contributed by atoms with Gasteiger partial charge in [-0.1, -0.05) is 33.3 Å². The first-order chi connectivity index (χ1) is 11.6. The van der Waals surface area contributed by atoms with Crippen molar-refractivity contribution in [1.82, 2.24) is 25.6 Å². The lowest BCUT2D eigenvalue weighted by atomic mass is 10.1. The lowest BCUT2D eigenvalue weighted by molar-refractivity contribution is 0.0935. The van der Waals surface area contributed by atoms with Gasteiger partial charge in [0.05, 0.1) is 12.2 Å². The van der Waals surface area contributed by atoms with E-state index in [0.717, 1.165) is 36.8 Å². The average molecular weight is 392 g/mol. The first-order valence-corrected chi connectivity index (χ1v) is 9.09. The summed E-state index contributed by atoms with van der Waals surface area (Å²) in [6, 6.07) is 8.49. The summed E-state index contributed by atoms with van der Waals surface area (Å²) >= 11 is 3.43. The van der Waals surface area contributed by atoms with Gasteiger partial charge in [-0.3, -0.25) is 4.79 Å². The Morgan fingerprint density at radius 1 is 1.38 bits per heavy atom. The van der Waals surface area contributed by atoms with E-state index in [2.05, 4.69) is 49.0 Å². The van der Waals surface area contributed by atoms with Crippen LogP contribution in [0.3, 0.4) is 0 Å². The number of hydrogen-bond acceptors (Lipinski definition) is 4. The van der Waals surface area contributed by atoms with Crippen molar-refractivity contribution in [3.05, 3.63) is 46.2 Å². The molecule has 7 heteroatoms. The molecule has 0 aliphatic carbocycles. The smallest absolute Gasteiger partial charge is 0.273 e. The van der Waals surface area contributed by atoms with Crippen molar-refractivity contribution in [2.45, 2.75) is 38.3 Å². The molecule has 0 saturated carbocycles. The maximum atomic E-state index is 12.3. The van der Waals surface area contributed by atoms with Crippen LogP contribution in [0.25, 0.3) is 0 Å². The van der Waals surface area contributed by atoms with E-state index in [0.29, 0.717) is 11.7 Å². The average Bonchev–Trinajstić information content (AvgIpc) is 3.08. The fourth-order valence-electron chi connectivity index (χ4n) is 2.95. The molecule has 1 fully saturated rings. The fourth-order valence-corrected chi connectivity index (χ4v) is 3.22. The molecule has 0 bridgehead atoms. The Morgan fingerprint density at radius 2 is 2.08 bits per heavy atom. The number of rotatable bonds is 5. The van der Waals surface area contributed by atoms with Gasteiger partial charge in [0.1, 0.15) is 0 Å². The van der Waals surface area contributed by atoms with Crippen molar-refractivity contribution >= 4 is 21.8 Å². The molecule has 1 saturated heterocycles. The van der Waals surface area contributed by atoms with Gasteiger partial charge in [0.25, 0.3) is 5.91 Å². The maximum absolute atomic E-state index is 12.3. The van der Waals surface area contributed by atoms with Crippen LogP contribution >= 0.6 is 15.9 Å². The third-order valence-electron chi connectivity index (χ3n) is 4.26. The molecule has 1 aromatic carbocycles. The SMILES string of the molecule is CC(Cc1ccc(Br)cc1)NC(=O)c1cn(C2CCNCC2)nn1. The number of benzene rings is 1. The van der Waals surface area contributed by atoms with E-state index in [1.54, 1.807) is 6.20 Å². The lowest BCUT2D eigenvalue weighted by Crippen LogP contribution is -2.34. The molecule has 2 heterocycles. The zero-order valence-corrected chi connectivity index (χ0v) is 15.3. The summed E-state index contributed by atoms with van der Waals surface area (Å²) in [7, 11) is 0. The second-order valence-electron chi connectivity index (χ2n) is 6.27. The highest BCUT2D eigenvalue weighted by atomic mass is 79.9. The summed E-state index contributed by atoms with van der Waals surface area (Å²) in [5.74, 6) is -0.167. The molecular formula is C17H22BrN5O. The second-order valence-corrected chi connectivity index (χ2v) is 7.19. The van der Waals surface area contributed by atoms with Crippen LogP contribution < -0.4 is 10.6 Å². The van der Waals surface area contributed by atoms with Crippen molar-refractivity contribution in [1.29, 1.82) is 0 Å². The van der Waals surface area contributed by atoms with Crippen molar-refractivity contribution in [2.75, 3.05) is 13.1 Å². The number of halogens is 1. The minimum atomic E-state index is -0.167. The monoisotopic (exact) mass is 391 g/mol. The van der Waals surface area contributed by atoms with Crippen molar-refractivity contribution in [2.24, 2.45) is 0 Å². The number of hydrogen-bond donors (Lipinski definition) is 2. The summed E-state index contributed by atoms with van der Waals surface area (Å²) in [4.78, 5) is 12.3. The van der Waals surface area contributed by atoms with Crippen molar-refractivity contribution in [3.63, 3.8) is 0 Å². The van der Waals surface area contributed by atoms with Gasteiger partial charge in [0.2, 0.25) is 0 Å².